The predicted octanol–water partition coefficient (Wildman–Crippen LogP) is 4.26. The number of aromatic amines is 1. The summed E-state index contributed by atoms with van der Waals surface area (Å²) in [6.07, 6.45) is 3.39. The van der Waals surface area contributed by atoms with Crippen molar-refractivity contribution in [1.82, 2.24) is 15.6 Å². The monoisotopic (exact) mass is 486 g/mol. The molecule has 1 aliphatic carbocycles. The number of H-pyrrole nitrogens is 1. The molecule has 2 aliphatic rings. The first-order valence-corrected chi connectivity index (χ1v) is 12.0. The molecule has 3 atom stereocenters. The molecule has 9 heteroatoms. The van der Waals surface area contributed by atoms with Crippen molar-refractivity contribution in [2.24, 2.45) is 17.8 Å². The second-order valence-corrected chi connectivity index (χ2v) is 10.6. The van der Waals surface area contributed by atoms with Gasteiger partial charge in [-0.2, -0.15) is 5.26 Å². The number of benzene rings is 1. The fourth-order valence-electron chi connectivity index (χ4n) is 4.75. The molecule has 1 saturated heterocycles. The van der Waals surface area contributed by atoms with E-state index >= 15 is 0 Å². The van der Waals surface area contributed by atoms with E-state index in [2.05, 4.69) is 21.7 Å². The van der Waals surface area contributed by atoms with Crippen LogP contribution in [0.3, 0.4) is 0 Å². The highest BCUT2D eigenvalue weighted by molar-refractivity contribution is 6.31. The first-order valence-electron chi connectivity index (χ1n) is 11.6. The number of hydrogen-bond donors (Lipinski definition) is 3. The van der Waals surface area contributed by atoms with Gasteiger partial charge in [0.15, 0.2) is 5.78 Å². The Morgan fingerprint density at radius 1 is 1.29 bits per heavy atom. The van der Waals surface area contributed by atoms with E-state index < -0.39 is 17.8 Å². The van der Waals surface area contributed by atoms with Crippen LogP contribution in [0.1, 0.15) is 62.9 Å². The average Bonchev–Trinajstić information content (AvgIpc) is 3.42. The predicted molar refractivity (Wildman–Crippen MR) is 126 cm³/mol. The van der Waals surface area contributed by atoms with Crippen LogP contribution >= 0.6 is 11.6 Å². The van der Waals surface area contributed by atoms with Gasteiger partial charge in [-0.1, -0.05) is 24.4 Å². The Bertz CT molecular complexity index is 1140. The van der Waals surface area contributed by atoms with Crippen molar-refractivity contribution in [3.05, 3.63) is 34.7 Å². The van der Waals surface area contributed by atoms with E-state index in [0.29, 0.717) is 29.7 Å². The van der Waals surface area contributed by atoms with Gasteiger partial charge in [-0.15, -0.1) is 0 Å². The van der Waals surface area contributed by atoms with Crippen molar-refractivity contribution in [2.45, 2.75) is 64.0 Å². The fourth-order valence-corrected chi connectivity index (χ4v) is 4.92. The summed E-state index contributed by atoms with van der Waals surface area (Å²) in [5, 5.41) is 15.8. The zero-order valence-corrected chi connectivity index (χ0v) is 20.0. The molecule has 0 bridgehead atoms. The number of nitriles is 1. The lowest BCUT2D eigenvalue weighted by Gasteiger charge is -2.20. The van der Waals surface area contributed by atoms with Crippen LogP contribution in [-0.4, -0.2) is 34.2 Å². The molecule has 2 fully saturated rings. The van der Waals surface area contributed by atoms with E-state index in [1.807, 2.05) is 13.8 Å². The van der Waals surface area contributed by atoms with Crippen LogP contribution in [0, 0.1) is 34.9 Å². The largest absolute Gasteiger partial charge is 0.352 e. The summed E-state index contributed by atoms with van der Waals surface area (Å²) in [4.78, 5) is 41.3. The number of nitrogens with one attached hydrogen (secondary N) is 3. The lowest BCUT2D eigenvalue weighted by Crippen LogP contribution is -2.40. The van der Waals surface area contributed by atoms with Crippen molar-refractivity contribution in [1.29, 1.82) is 5.26 Å². The topological polar surface area (TPSA) is 115 Å². The molecule has 1 aromatic carbocycles. The van der Waals surface area contributed by atoms with Gasteiger partial charge >= 0.3 is 0 Å². The van der Waals surface area contributed by atoms with Crippen LogP contribution in [0.25, 0.3) is 10.9 Å². The molecule has 0 spiro atoms. The highest BCUT2D eigenvalue weighted by atomic mass is 35.5. The standard InChI is InChI=1S/C25H28ClFN4O3/c1-25(2)11-16(24(34)31-25)6-17(12-28)29-23(33)15(5-13-3-4-13)9-22(32)21-8-14-7-19(27)18(26)10-20(14)30-21/h7-8,10,13,15-17,30H,3-6,9,11H2,1-2H3,(H,29,33)(H,31,34). The molecule has 1 aromatic heterocycles. The summed E-state index contributed by atoms with van der Waals surface area (Å²) in [6, 6.07) is 5.53. The Kier molecular flexibility index (Phi) is 6.68. The number of ketones is 1. The van der Waals surface area contributed by atoms with E-state index in [9.17, 15) is 24.0 Å². The second-order valence-electron chi connectivity index (χ2n) is 10.2. The number of fused-ring (bicyclic) bond motifs is 1. The van der Waals surface area contributed by atoms with Gasteiger partial charge < -0.3 is 15.6 Å². The van der Waals surface area contributed by atoms with Gasteiger partial charge in [-0.3, -0.25) is 14.4 Å². The molecule has 2 amide bonds. The number of amides is 2. The smallest absolute Gasteiger partial charge is 0.224 e. The number of halogens is 2. The Morgan fingerprint density at radius 2 is 2.03 bits per heavy atom. The van der Waals surface area contributed by atoms with Gasteiger partial charge in [0, 0.05) is 34.7 Å². The van der Waals surface area contributed by atoms with Gasteiger partial charge in [-0.05, 0) is 57.2 Å². The lowest BCUT2D eigenvalue weighted by atomic mass is 9.90. The number of Topliss-reactive ketones (excluding diaryl/α,β-unsaturated/α-hetero) is 1. The maximum Gasteiger partial charge on any atom is 0.224 e. The van der Waals surface area contributed by atoms with Crippen LogP contribution < -0.4 is 10.6 Å². The second kappa shape index (κ2) is 9.38. The van der Waals surface area contributed by atoms with Crippen LogP contribution in [0.2, 0.25) is 5.02 Å². The van der Waals surface area contributed by atoms with Gasteiger partial charge in [0.1, 0.15) is 11.9 Å². The van der Waals surface area contributed by atoms with Gasteiger partial charge in [0.25, 0.3) is 0 Å². The SMILES string of the molecule is CC1(C)CC(CC(C#N)NC(=O)C(CC(=O)c2cc3cc(F)c(Cl)cc3[nH]2)CC2CC2)C(=O)N1. The molecular formula is C25H28ClFN4O3. The minimum Gasteiger partial charge on any atom is -0.352 e. The van der Waals surface area contributed by atoms with Crippen molar-refractivity contribution in [3.63, 3.8) is 0 Å². The number of aromatic nitrogens is 1. The Labute approximate surface area is 202 Å². The minimum atomic E-state index is -0.813. The molecule has 4 rings (SSSR count). The quantitative estimate of drug-likeness (QED) is 0.459. The molecule has 180 valence electrons. The maximum absolute atomic E-state index is 13.8. The lowest BCUT2D eigenvalue weighted by molar-refractivity contribution is -0.127. The summed E-state index contributed by atoms with van der Waals surface area (Å²) in [7, 11) is 0. The average molecular weight is 487 g/mol. The summed E-state index contributed by atoms with van der Waals surface area (Å²) >= 11 is 5.83. The number of rotatable bonds is 9. The molecule has 0 radical (unpaired) electrons. The fraction of sp³-hybridized carbons (Fsp3) is 0.520. The molecule has 3 unspecified atom stereocenters. The van der Waals surface area contributed by atoms with Crippen LogP contribution in [0.15, 0.2) is 18.2 Å². The third kappa shape index (κ3) is 5.58. The van der Waals surface area contributed by atoms with E-state index in [4.69, 9.17) is 11.6 Å². The molecule has 7 nitrogen and oxygen atoms in total. The van der Waals surface area contributed by atoms with E-state index in [-0.39, 0.29) is 52.6 Å². The van der Waals surface area contributed by atoms with Crippen molar-refractivity contribution < 1.29 is 18.8 Å². The Hall–Kier alpha value is -2.92. The van der Waals surface area contributed by atoms with E-state index in [1.165, 1.54) is 12.1 Å². The minimum absolute atomic E-state index is 0.0273. The normalized spacial score (nSPS) is 21.0. The Morgan fingerprint density at radius 3 is 2.65 bits per heavy atom. The van der Waals surface area contributed by atoms with Crippen molar-refractivity contribution in [3.8, 4) is 6.07 Å². The maximum atomic E-state index is 13.8. The molecule has 1 saturated carbocycles. The summed E-state index contributed by atoms with van der Waals surface area (Å²) in [5.41, 5.74) is 0.492. The van der Waals surface area contributed by atoms with Crippen molar-refractivity contribution in [2.75, 3.05) is 0 Å². The number of hydrogen-bond acceptors (Lipinski definition) is 4. The first-order chi connectivity index (χ1) is 16.0. The zero-order valence-electron chi connectivity index (χ0n) is 19.2. The van der Waals surface area contributed by atoms with Gasteiger partial charge in [-0.25, -0.2) is 4.39 Å². The summed E-state index contributed by atoms with van der Waals surface area (Å²) < 4.78 is 13.8. The summed E-state index contributed by atoms with van der Waals surface area (Å²) in [6.45, 7) is 3.85. The third-order valence-electron chi connectivity index (χ3n) is 6.66. The molecule has 1 aliphatic heterocycles. The molecular weight excluding hydrogens is 459 g/mol. The first kappa shape index (κ1) is 24.2. The summed E-state index contributed by atoms with van der Waals surface area (Å²) in [5.74, 6) is -1.84. The number of carbonyl (C=O) groups is 3. The van der Waals surface area contributed by atoms with Gasteiger partial charge in [0.2, 0.25) is 11.8 Å². The van der Waals surface area contributed by atoms with Crippen LogP contribution in [-0.2, 0) is 9.59 Å². The van der Waals surface area contributed by atoms with Crippen molar-refractivity contribution >= 4 is 40.1 Å². The Balaban J connectivity index is 1.43. The third-order valence-corrected chi connectivity index (χ3v) is 6.95. The van der Waals surface area contributed by atoms with Crippen LogP contribution in [0.5, 0.6) is 0 Å². The molecule has 34 heavy (non-hydrogen) atoms. The molecule has 3 N–H and O–H groups in total. The zero-order chi connectivity index (χ0) is 24.6. The number of carbonyl (C=O) groups excluding carboxylic acids is 3. The highest BCUT2D eigenvalue weighted by Crippen LogP contribution is 2.37. The van der Waals surface area contributed by atoms with E-state index in [1.54, 1.807) is 6.07 Å². The number of nitrogens with zero attached hydrogens (tertiary/aromatic N) is 1. The van der Waals surface area contributed by atoms with Gasteiger partial charge in [0.05, 0.1) is 16.8 Å². The molecule has 2 heterocycles. The van der Waals surface area contributed by atoms with E-state index in [0.717, 1.165) is 12.8 Å². The molecule has 2 aromatic rings. The van der Waals surface area contributed by atoms with Crippen LogP contribution in [0.4, 0.5) is 4.39 Å². The highest BCUT2D eigenvalue weighted by Gasteiger charge is 2.39.